The third-order valence-corrected chi connectivity index (χ3v) is 6.49. The fraction of sp³-hybridized carbons (Fsp3) is 0.522. The van der Waals surface area contributed by atoms with E-state index in [0.29, 0.717) is 23.1 Å². The SMILES string of the molecule is C/C1=C\Cc2cc(c(C)c(Cl)c2O)C(O)[C@H]2C(=O)C(C)(C)O[C@@H]2/C(C)=C/CC1. The number of aliphatic hydroxyl groups is 1. The Kier molecular flexibility index (Phi) is 5.77. The van der Waals surface area contributed by atoms with Gasteiger partial charge in [0.25, 0.3) is 0 Å². The summed E-state index contributed by atoms with van der Waals surface area (Å²) < 4.78 is 6.10. The van der Waals surface area contributed by atoms with E-state index in [1.807, 2.05) is 6.92 Å². The van der Waals surface area contributed by atoms with E-state index in [1.165, 1.54) is 5.57 Å². The van der Waals surface area contributed by atoms with E-state index in [4.69, 9.17) is 16.3 Å². The summed E-state index contributed by atoms with van der Waals surface area (Å²) in [7, 11) is 0. The van der Waals surface area contributed by atoms with Crippen molar-refractivity contribution in [3.8, 4) is 5.75 Å². The van der Waals surface area contributed by atoms with E-state index in [1.54, 1.807) is 26.8 Å². The van der Waals surface area contributed by atoms with Crippen LogP contribution in [0.2, 0.25) is 5.02 Å². The first-order chi connectivity index (χ1) is 13.0. The Bertz CT molecular complexity index is 866. The Labute approximate surface area is 171 Å². The molecule has 0 saturated carbocycles. The molecule has 0 amide bonds. The molecular weight excluding hydrogens is 376 g/mol. The van der Waals surface area contributed by atoms with Crippen molar-refractivity contribution in [2.45, 2.75) is 71.7 Å². The zero-order chi connectivity index (χ0) is 20.8. The van der Waals surface area contributed by atoms with E-state index in [-0.39, 0.29) is 16.6 Å². The molecule has 1 unspecified atom stereocenters. The van der Waals surface area contributed by atoms with Crippen molar-refractivity contribution >= 4 is 17.4 Å². The highest BCUT2D eigenvalue weighted by molar-refractivity contribution is 6.33. The molecule has 2 bridgehead atoms. The fourth-order valence-electron chi connectivity index (χ4n) is 4.17. The fourth-order valence-corrected chi connectivity index (χ4v) is 4.40. The average Bonchev–Trinajstić information content (AvgIpc) is 2.88. The van der Waals surface area contributed by atoms with Gasteiger partial charge in [-0.25, -0.2) is 0 Å². The van der Waals surface area contributed by atoms with Crippen LogP contribution in [0.3, 0.4) is 0 Å². The van der Waals surface area contributed by atoms with Gasteiger partial charge in [0, 0.05) is 0 Å². The van der Waals surface area contributed by atoms with Gasteiger partial charge in [-0.2, -0.15) is 0 Å². The van der Waals surface area contributed by atoms with Gasteiger partial charge in [-0.3, -0.25) is 4.79 Å². The van der Waals surface area contributed by atoms with E-state index in [2.05, 4.69) is 19.1 Å². The summed E-state index contributed by atoms with van der Waals surface area (Å²) in [6, 6.07) is 1.78. The molecule has 1 aliphatic carbocycles. The van der Waals surface area contributed by atoms with Crippen molar-refractivity contribution in [3.05, 3.63) is 51.1 Å². The largest absolute Gasteiger partial charge is 0.506 e. The Morgan fingerprint density at radius 1 is 1.21 bits per heavy atom. The number of fused-ring (bicyclic) bond motifs is 3. The number of allylic oxidation sites excluding steroid dienone is 3. The predicted molar refractivity (Wildman–Crippen MR) is 111 cm³/mol. The van der Waals surface area contributed by atoms with Crippen molar-refractivity contribution < 1.29 is 19.7 Å². The van der Waals surface area contributed by atoms with E-state index < -0.39 is 23.7 Å². The lowest BCUT2D eigenvalue weighted by Crippen LogP contribution is -2.33. The number of rotatable bonds is 0. The zero-order valence-corrected chi connectivity index (χ0v) is 17.9. The van der Waals surface area contributed by atoms with Crippen LogP contribution in [0.15, 0.2) is 29.4 Å². The minimum atomic E-state index is -1.06. The molecule has 1 aromatic carbocycles. The second-order valence-electron chi connectivity index (χ2n) is 8.54. The molecule has 1 heterocycles. The van der Waals surface area contributed by atoms with Gasteiger partial charge in [0.1, 0.15) is 11.4 Å². The minimum Gasteiger partial charge on any atom is -0.506 e. The maximum absolute atomic E-state index is 13.1. The van der Waals surface area contributed by atoms with Crippen molar-refractivity contribution in [1.29, 1.82) is 0 Å². The van der Waals surface area contributed by atoms with Crippen LogP contribution in [-0.4, -0.2) is 27.7 Å². The molecule has 5 heteroatoms. The minimum absolute atomic E-state index is 0.0363. The smallest absolute Gasteiger partial charge is 0.173 e. The van der Waals surface area contributed by atoms with Crippen molar-refractivity contribution in [2.24, 2.45) is 5.92 Å². The molecule has 1 aliphatic heterocycles. The lowest BCUT2D eigenvalue weighted by atomic mass is 9.81. The third-order valence-electron chi connectivity index (χ3n) is 6.03. The molecule has 2 N–H and O–H groups in total. The molecule has 0 spiro atoms. The van der Waals surface area contributed by atoms with E-state index in [0.717, 1.165) is 18.4 Å². The number of Topliss-reactive ketones (excluding diaryl/α,β-unsaturated/α-hetero) is 1. The Balaban J connectivity index is 2.20. The predicted octanol–water partition coefficient (Wildman–Crippen LogP) is 4.98. The summed E-state index contributed by atoms with van der Waals surface area (Å²) in [5.74, 6) is -0.797. The standard InChI is InChI=1S/C23H29ClO4/c1-12-7-6-8-13(2)21-17(22(27)23(4,5)28-21)20(26)16-11-15(10-9-12)19(25)18(24)14(16)3/h8-9,11,17,20-21,25-26H,6-7,10H2,1-5H3/b12-9+,13-8+/t17-,20?,21-/m1/s1. The molecule has 0 aromatic heterocycles. The van der Waals surface area contributed by atoms with Crippen LogP contribution < -0.4 is 0 Å². The molecule has 152 valence electrons. The first-order valence-corrected chi connectivity index (χ1v) is 10.2. The molecule has 1 saturated heterocycles. The number of halogens is 1. The van der Waals surface area contributed by atoms with Crippen LogP contribution in [0.4, 0.5) is 0 Å². The number of phenolic OH excluding ortho intramolecular Hbond substituents is 1. The van der Waals surface area contributed by atoms with Crippen LogP contribution in [0.1, 0.15) is 63.3 Å². The summed E-state index contributed by atoms with van der Waals surface area (Å²) in [4.78, 5) is 13.1. The lowest BCUT2D eigenvalue weighted by Gasteiger charge is -2.25. The molecule has 3 atom stereocenters. The van der Waals surface area contributed by atoms with Crippen molar-refractivity contribution in [2.75, 3.05) is 0 Å². The van der Waals surface area contributed by atoms with Gasteiger partial charge >= 0.3 is 0 Å². The number of phenols is 1. The van der Waals surface area contributed by atoms with Gasteiger partial charge < -0.3 is 14.9 Å². The summed E-state index contributed by atoms with van der Waals surface area (Å²) in [6.07, 6.45) is 4.84. The number of carbonyl (C=O) groups excluding carboxylic acids is 1. The van der Waals surface area contributed by atoms with Crippen molar-refractivity contribution in [3.63, 3.8) is 0 Å². The average molecular weight is 405 g/mol. The first kappa shape index (κ1) is 21.1. The highest BCUT2D eigenvalue weighted by atomic mass is 35.5. The molecule has 3 rings (SSSR count). The quantitative estimate of drug-likeness (QED) is 0.598. The van der Waals surface area contributed by atoms with Gasteiger partial charge in [0.2, 0.25) is 0 Å². The third kappa shape index (κ3) is 3.66. The molecule has 28 heavy (non-hydrogen) atoms. The van der Waals surface area contributed by atoms with Crippen LogP contribution in [0.25, 0.3) is 0 Å². The number of ether oxygens (including phenoxy) is 1. The monoisotopic (exact) mass is 404 g/mol. The van der Waals surface area contributed by atoms with Gasteiger partial charge in [0.05, 0.1) is 23.1 Å². The van der Waals surface area contributed by atoms with Gasteiger partial charge in [-0.1, -0.05) is 29.3 Å². The van der Waals surface area contributed by atoms with Gasteiger partial charge in [-0.15, -0.1) is 0 Å². The molecule has 2 aliphatic rings. The molecular formula is C23H29ClO4. The highest BCUT2D eigenvalue weighted by Crippen LogP contribution is 2.45. The summed E-state index contributed by atoms with van der Waals surface area (Å²) >= 11 is 6.38. The van der Waals surface area contributed by atoms with Crippen LogP contribution in [0.5, 0.6) is 5.75 Å². The highest BCUT2D eigenvalue weighted by Gasteiger charge is 2.52. The summed E-state index contributed by atoms with van der Waals surface area (Å²) in [6.45, 7) is 9.28. The number of hydrogen-bond acceptors (Lipinski definition) is 4. The topological polar surface area (TPSA) is 66.8 Å². The van der Waals surface area contributed by atoms with Gasteiger partial charge in [-0.05, 0) is 82.2 Å². The van der Waals surface area contributed by atoms with E-state index >= 15 is 0 Å². The Morgan fingerprint density at radius 3 is 2.57 bits per heavy atom. The normalized spacial score (nSPS) is 31.5. The maximum atomic E-state index is 13.1. The first-order valence-electron chi connectivity index (χ1n) is 9.78. The number of aliphatic hydroxyl groups excluding tert-OH is 1. The van der Waals surface area contributed by atoms with Crippen LogP contribution >= 0.6 is 11.6 Å². The molecule has 1 fully saturated rings. The number of hydrogen-bond donors (Lipinski definition) is 2. The lowest BCUT2D eigenvalue weighted by molar-refractivity contribution is -0.132. The number of carbonyl (C=O) groups is 1. The maximum Gasteiger partial charge on any atom is 0.173 e. The van der Waals surface area contributed by atoms with Crippen LogP contribution in [0, 0.1) is 12.8 Å². The number of benzene rings is 1. The molecule has 0 radical (unpaired) electrons. The van der Waals surface area contributed by atoms with Crippen LogP contribution in [-0.2, 0) is 16.0 Å². The number of ketones is 1. The second-order valence-corrected chi connectivity index (χ2v) is 8.92. The second kappa shape index (κ2) is 7.66. The summed E-state index contributed by atoms with van der Waals surface area (Å²) in [5.41, 5.74) is 3.01. The summed E-state index contributed by atoms with van der Waals surface area (Å²) in [5, 5.41) is 22.0. The van der Waals surface area contributed by atoms with Gasteiger partial charge in [0.15, 0.2) is 5.78 Å². The Morgan fingerprint density at radius 2 is 1.89 bits per heavy atom. The molecule has 4 nitrogen and oxygen atoms in total. The number of aromatic hydroxyl groups is 1. The zero-order valence-electron chi connectivity index (χ0n) is 17.2. The van der Waals surface area contributed by atoms with Crippen molar-refractivity contribution in [1.82, 2.24) is 0 Å². The Hall–Kier alpha value is -1.62. The van der Waals surface area contributed by atoms with E-state index in [9.17, 15) is 15.0 Å². The molecule has 1 aromatic rings.